The monoisotopic (exact) mass is 314 g/mol. The van der Waals surface area contributed by atoms with Gasteiger partial charge in [-0.3, -0.25) is 14.5 Å². The van der Waals surface area contributed by atoms with Crippen molar-refractivity contribution in [2.75, 3.05) is 13.7 Å². The number of carbonyl (C=O) groups is 1. The number of ether oxygens (including phenoxy) is 1. The molecule has 1 N–H and O–H groups in total. The molecule has 0 saturated heterocycles. The van der Waals surface area contributed by atoms with Crippen molar-refractivity contribution in [3.8, 4) is 0 Å². The van der Waals surface area contributed by atoms with E-state index in [-0.39, 0.29) is 5.91 Å². The summed E-state index contributed by atoms with van der Waals surface area (Å²) in [7, 11) is 1.67. The van der Waals surface area contributed by atoms with Gasteiger partial charge in [0, 0.05) is 37.2 Å². The summed E-state index contributed by atoms with van der Waals surface area (Å²) in [6.45, 7) is 5.72. The zero-order chi connectivity index (χ0) is 16.7. The van der Waals surface area contributed by atoms with Gasteiger partial charge in [-0.1, -0.05) is 6.07 Å². The van der Waals surface area contributed by atoms with Crippen molar-refractivity contribution in [3.05, 3.63) is 53.1 Å². The smallest absolute Gasteiger partial charge is 0.244 e. The minimum absolute atomic E-state index is 0.154. The molecular formula is C17H22N4O2. The normalized spacial score (nSPS) is 11.1. The fourth-order valence-corrected chi connectivity index (χ4v) is 2.26. The molecule has 1 amide bonds. The Morgan fingerprint density at radius 3 is 2.91 bits per heavy atom. The van der Waals surface area contributed by atoms with E-state index in [0.717, 1.165) is 22.6 Å². The topological polar surface area (TPSA) is 69.0 Å². The number of pyridine rings is 1. The summed E-state index contributed by atoms with van der Waals surface area (Å²) in [5.41, 5.74) is 3.77. The van der Waals surface area contributed by atoms with E-state index in [9.17, 15) is 4.79 Å². The number of nitrogens with zero attached hydrogens (tertiary/aromatic N) is 3. The molecule has 0 aliphatic carbocycles. The van der Waals surface area contributed by atoms with Crippen LogP contribution in [0.5, 0.6) is 0 Å². The first kappa shape index (κ1) is 16.9. The molecular weight excluding hydrogens is 292 g/mol. The fraction of sp³-hybridized carbons (Fsp3) is 0.353. The summed E-state index contributed by atoms with van der Waals surface area (Å²) < 4.78 is 6.98. The summed E-state index contributed by atoms with van der Waals surface area (Å²) in [6.07, 6.45) is 4.87. The van der Waals surface area contributed by atoms with Crippen LogP contribution in [0.1, 0.15) is 22.6 Å². The van der Waals surface area contributed by atoms with Gasteiger partial charge in [0.15, 0.2) is 0 Å². The average molecular weight is 314 g/mol. The van der Waals surface area contributed by atoms with E-state index in [0.29, 0.717) is 19.7 Å². The fourth-order valence-electron chi connectivity index (χ4n) is 2.26. The number of hydrogen-bond acceptors (Lipinski definition) is 4. The van der Waals surface area contributed by atoms with Crippen LogP contribution in [0.2, 0.25) is 0 Å². The van der Waals surface area contributed by atoms with Gasteiger partial charge in [0.1, 0.15) is 0 Å². The van der Waals surface area contributed by atoms with Gasteiger partial charge in [0.2, 0.25) is 5.91 Å². The highest BCUT2D eigenvalue weighted by atomic mass is 16.5. The lowest BCUT2D eigenvalue weighted by Crippen LogP contribution is -2.21. The minimum atomic E-state index is -0.154. The number of nitrogens with one attached hydrogen (secondary N) is 1. The summed E-state index contributed by atoms with van der Waals surface area (Å²) >= 11 is 0. The number of amides is 1. The van der Waals surface area contributed by atoms with E-state index < -0.39 is 0 Å². The van der Waals surface area contributed by atoms with E-state index in [2.05, 4.69) is 15.4 Å². The molecule has 0 aliphatic heterocycles. The lowest BCUT2D eigenvalue weighted by atomic mass is 10.2. The SMILES string of the molecule is COCCn1nc(C)c(CNC(=O)C=Cc2ccccn2)c1C. The van der Waals surface area contributed by atoms with E-state index in [1.807, 2.05) is 36.7 Å². The van der Waals surface area contributed by atoms with Gasteiger partial charge in [-0.2, -0.15) is 5.10 Å². The van der Waals surface area contributed by atoms with E-state index in [4.69, 9.17) is 4.74 Å². The lowest BCUT2D eigenvalue weighted by molar-refractivity contribution is -0.116. The third kappa shape index (κ3) is 4.75. The zero-order valence-corrected chi connectivity index (χ0v) is 13.7. The van der Waals surface area contributed by atoms with Crippen LogP contribution in [0.25, 0.3) is 6.08 Å². The Bertz CT molecular complexity index is 677. The molecule has 0 unspecified atom stereocenters. The number of hydrogen-bond donors (Lipinski definition) is 1. The van der Waals surface area contributed by atoms with Crippen LogP contribution >= 0.6 is 0 Å². The van der Waals surface area contributed by atoms with Crippen LogP contribution in [0.15, 0.2) is 30.5 Å². The second kappa shape index (κ2) is 8.24. The Morgan fingerprint density at radius 2 is 2.22 bits per heavy atom. The van der Waals surface area contributed by atoms with Crippen molar-refractivity contribution < 1.29 is 9.53 Å². The minimum Gasteiger partial charge on any atom is -0.383 e. The summed E-state index contributed by atoms with van der Waals surface area (Å²) in [6, 6.07) is 5.56. The molecule has 6 nitrogen and oxygen atoms in total. The number of aromatic nitrogens is 3. The lowest BCUT2D eigenvalue weighted by Gasteiger charge is -2.05. The second-order valence-corrected chi connectivity index (χ2v) is 5.17. The van der Waals surface area contributed by atoms with Crippen LogP contribution in [-0.4, -0.2) is 34.4 Å². The van der Waals surface area contributed by atoms with Crippen molar-refractivity contribution >= 4 is 12.0 Å². The van der Waals surface area contributed by atoms with E-state index >= 15 is 0 Å². The molecule has 122 valence electrons. The van der Waals surface area contributed by atoms with E-state index in [1.54, 1.807) is 19.4 Å². The number of carbonyl (C=O) groups excluding carboxylic acids is 1. The van der Waals surface area contributed by atoms with Gasteiger partial charge >= 0.3 is 0 Å². The maximum atomic E-state index is 11.9. The zero-order valence-electron chi connectivity index (χ0n) is 13.7. The van der Waals surface area contributed by atoms with Crippen molar-refractivity contribution in [1.29, 1.82) is 0 Å². The molecule has 2 aromatic rings. The van der Waals surface area contributed by atoms with E-state index in [1.165, 1.54) is 6.08 Å². The van der Waals surface area contributed by atoms with Gasteiger partial charge in [-0.05, 0) is 32.1 Å². The number of aryl methyl sites for hydroxylation is 1. The van der Waals surface area contributed by atoms with Gasteiger partial charge in [-0.25, -0.2) is 0 Å². The molecule has 0 saturated carbocycles. The molecule has 0 bridgehead atoms. The first-order chi connectivity index (χ1) is 11.1. The van der Waals surface area contributed by atoms with Crippen LogP contribution in [0.4, 0.5) is 0 Å². The maximum Gasteiger partial charge on any atom is 0.244 e. The van der Waals surface area contributed by atoms with Crippen LogP contribution < -0.4 is 5.32 Å². The van der Waals surface area contributed by atoms with Gasteiger partial charge in [0.05, 0.1) is 24.5 Å². The molecule has 2 aromatic heterocycles. The Kier molecular flexibility index (Phi) is 6.05. The third-order valence-electron chi connectivity index (χ3n) is 3.57. The molecule has 2 heterocycles. The number of rotatable bonds is 7. The highest BCUT2D eigenvalue weighted by Crippen LogP contribution is 2.12. The Morgan fingerprint density at radius 1 is 1.39 bits per heavy atom. The molecule has 2 rings (SSSR count). The Labute approximate surface area is 136 Å². The predicted molar refractivity (Wildman–Crippen MR) is 88.7 cm³/mol. The average Bonchev–Trinajstić information content (AvgIpc) is 2.83. The summed E-state index contributed by atoms with van der Waals surface area (Å²) in [5, 5.41) is 7.36. The third-order valence-corrected chi connectivity index (χ3v) is 3.57. The van der Waals surface area contributed by atoms with Crippen molar-refractivity contribution in [2.45, 2.75) is 26.9 Å². The second-order valence-electron chi connectivity index (χ2n) is 5.17. The largest absolute Gasteiger partial charge is 0.383 e. The van der Waals surface area contributed by atoms with Crippen LogP contribution in [-0.2, 0) is 22.6 Å². The van der Waals surface area contributed by atoms with Crippen LogP contribution in [0.3, 0.4) is 0 Å². The van der Waals surface area contributed by atoms with Crippen LogP contribution in [0, 0.1) is 13.8 Å². The molecule has 0 aliphatic rings. The van der Waals surface area contributed by atoms with Crippen molar-refractivity contribution in [2.24, 2.45) is 0 Å². The first-order valence-electron chi connectivity index (χ1n) is 7.50. The summed E-state index contributed by atoms with van der Waals surface area (Å²) in [5.74, 6) is -0.154. The molecule has 0 aromatic carbocycles. The Balaban J connectivity index is 1.94. The van der Waals surface area contributed by atoms with Crippen molar-refractivity contribution in [1.82, 2.24) is 20.1 Å². The quantitative estimate of drug-likeness (QED) is 0.792. The molecule has 6 heteroatoms. The molecule has 0 fully saturated rings. The van der Waals surface area contributed by atoms with Gasteiger partial charge in [-0.15, -0.1) is 0 Å². The first-order valence-corrected chi connectivity index (χ1v) is 7.50. The predicted octanol–water partition coefficient (Wildman–Crippen LogP) is 1.87. The van der Waals surface area contributed by atoms with Gasteiger partial charge < -0.3 is 10.1 Å². The molecule has 0 atom stereocenters. The standard InChI is InChI=1S/C17H22N4O2/c1-13-16(14(2)21(20-13)10-11-23-3)12-19-17(22)8-7-15-6-4-5-9-18-15/h4-9H,10-12H2,1-3H3,(H,19,22). The Hall–Kier alpha value is -2.47. The number of methoxy groups -OCH3 is 1. The highest BCUT2D eigenvalue weighted by Gasteiger charge is 2.11. The maximum absolute atomic E-state index is 11.9. The molecule has 0 radical (unpaired) electrons. The highest BCUT2D eigenvalue weighted by molar-refractivity contribution is 5.91. The molecule has 23 heavy (non-hydrogen) atoms. The summed E-state index contributed by atoms with van der Waals surface area (Å²) in [4.78, 5) is 16.1. The van der Waals surface area contributed by atoms with Crippen molar-refractivity contribution in [3.63, 3.8) is 0 Å². The molecule has 0 spiro atoms. The van der Waals surface area contributed by atoms with Gasteiger partial charge in [0.25, 0.3) is 0 Å².